The van der Waals surface area contributed by atoms with Crippen molar-refractivity contribution in [2.75, 3.05) is 0 Å². The van der Waals surface area contributed by atoms with E-state index in [4.69, 9.17) is 0 Å². The quantitative estimate of drug-likeness (QED) is 0.791. The molecule has 0 aromatic carbocycles. The smallest absolute Gasteiger partial charge is 0.343 e. The number of nitrogens with one attached hydrogen (secondary N) is 1. The minimum Gasteiger partial charge on any atom is -0.343 e. The molecule has 1 unspecified atom stereocenters. The zero-order valence-corrected chi connectivity index (χ0v) is 11.2. The van der Waals surface area contributed by atoms with Crippen molar-refractivity contribution in [1.29, 1.82) is 0 Å². The Labute approximate surface area is 115 Å². The van der Waals surface area contributed by atoms with Crippen LogP contribution in [0.25, 0.3) is 0 Å². The molecule has 0 saturated heterocycles. The molecule has 0 bridgehead atoms. The van der Waals surface area contributed by atoms with Crippen LogP contribution >= 0.6 is 0 Å². The summed E-state index contributed by atoms with van der Waals surface area (Å²) in [4.78, 5) is 22.2. The lowest BCUT2D eigenvalue weighted by Crippen LogP contribution is -2.52. The zero-order valence-electron chi connectivity index (χ0n) is 11.2. The van der Waals surface area contributed by atoms with Gasteiger partial charge < -0.3 is 5.32 Å². The average molecular weight is 292 g/mol. The predicted octanol–water partition coefficient (Wildman–Crippen LogP) is 3.16. The van der Waals surface area contributed by atoms with Gasteiger partial charge in [-0.1, -0.05) is 24.4 Å². The number of hydrogen-bond acceptors (Lipinski definition) is 3. The normalized spacial score (nSPS) is 23.9. The van der Waals surface area contributed by atoms with Gasteiger partial charge in [-0.25, -0.2) is 0 Å². The molecule has 20 heavy (non-hydrogen) atoms. The summed E-state index contributed by atoms with van der Waals surface area (Å²) in [6.45, 7) is 0. The van der Waals surface area contributed by atoms with Gasteiger partial charge in [0.15, 0.2) is 0 Å². The first-order valence-electron chi connectivity index (χ1n) is 7.13. The van der Waals surface area contributed by atoms with Crippen molar-refractivity contribution in [1.82, 2.24) is 5.32 Å². The van der Waals surface area contributed by atoms with Crippen molar-refractivity contribution >= 4 is 5.91 Å². The molecule has 2 fully saturated rings. The van der Waals surface area contributed by atoms with Gasteiger partial charge >= 0.3 is 12.1 Å². The van der Waals surface area contributed by atoms with Crippen molar-refractivity contribution < 1.29 is 18.0 Å². The maximum absolute atomic E-state index is 12.4. The highest BCUT2D eigenvalue weighted by atomic mass is 19.4. The van der Waals surface area contributed by atoms with E-state index in [9.17, 15) is 22.9 Å². The fraction of sp³-hybridized carbons (Fsp3) is 0.923. The van der Waals surface area contributed by atoms with Crippen molar-refractivity contribution in [3.63, 3.8) is 0 Å². The number of halogens is 3. The Morgan fingerprint density at radius 2 is 1.65 bits per heavy atom. The van der Waals surface area contributed by atoms with Crippen molar-refractivity contribution in [2.24, 2.45) is 17.0 Å². The van der Waals surface area contributed by atoms with Crippen LogP contribution in [0.1, 0.15) is 44.9 Å². The van der Waals surface area contributed by atoms with E-state index in [0.717, 1.165) is 44.9 Å². The van der Waals surface area contributed by atoms with Crippen molar-refractivity contribution in [3.05, 3.63) is 4.91 Å². The second-order valence-corrected chi connectivity index (χ2v) is 5.83. The molecule has 2 aliphatic rings. The minimum absolute atomic E-state index is 0.0351. The highest BCUT2D eigenvalue weighted by molar-refractivity contribution is 5.82. The van der Waals surface area contributed by atoms with E-state index in [1.165, 1.54) is 0 Å². The summed E-state index contributed by atoms with van der Waals surface area (Å²) in [6, 6.07) is -1.49. The summed E-state index contributed by atoms with van der Waals surface area (Å²) in [5.41, 5.74) is 0. The fourth-order valence-electron chi connectivity index (χ4n) is 3.09. The molecule has 7 heteroatoms. The molecule has 1 amide bonds. The second kappa shape index (κ2) is 6.10. The van der Waals surface area contributed by atoms with E-state index in [1.54, 1.807) is 0 Å². The third kappa shape index (κ3) is 3.70. The van der Waals surface area contributed by atoms with E-state index in [1.807, 2.05) is 5.32 Å². The van der Waals surface area contributed by atoms with Crippen molar-refractivity contribution in [2.45, 2.75) is 63.2 Å². The van der Waals surface area contributed by atoms with Crippen LogP contribution in [0.4, 0.5) is 13.2 Å². The third-order valence-electron chi connectivity index (χ3n) is 4.31. The number of rotatable bonds is 5. The van der Waals surface area contributed by atoms with Crippen LogP contribution in [0, 0.1) is 16.7 Å². The third-order valence-corrected chi connectivity index (χ3v) is 4.31. The van der Waals surface area contributed by atoms with Crippen molar-refractivity contribution in [3.8, 4) is 0 Å². The highest BCUT2D eigenvalue weighted by Gasteiger charge is 2.46. The van der Waals surface area contributed by atoms with Gasteiger partial charge in [0, 0.05) is 0 Å². The van der Waals surface area contributed by atoms with Crippen LogP contribution in [-0.4, -0.2) is 24.2 Å². The van der Waals surface area contributed by atoms with E-state index in [-0.39, 0.29) is 11.8 Å². The Balaban J connectivity index is 2.09. The molecule has 114 valence electrons. The maximum Gasteiger partial charge on any atom is 0.471 e. The maximum atomic E-state index is 12.4. The summed E-state index contributed by atoms with van der Waals surface area (Å²) in [5.74, 6) is -1.99. The molecular weight excluding hydrogens is 273 g/mol. The SMILES string of the molecule is O=NC(C1CC1)[C@@H](NC(=O)C(F)(F)F)C1CCCCC1. The number of nitrogens with zero attached hydrogens (tertiary/aromatic N) is 1. The van der Waals surface area contributed by atoms with Crippen LogP contribution < -0.4 is 5.32 Å². The molecule has 2 saturated carbocycles. The number of carbonyl (C=O) groups is 1. The lowest BCUT2D eigenvalue weighted by molar-refractivity contribution is -0.175. The molecule has 4 nitrogen and oxygen atoms in total. The molecule has 2 atom stereocenters. The highest BCUT2D eigenvalue weighted by Crippen LogP contribution is 2.40. The molecule has 2 aliphatic carbocycles. The average Bonchev–Trinajstić information content (AvgIpc) is 3.23. The van der Waals surface area contributed by atoms with Gasteiger partial charge in [0.25, 0.3) is 0 Å². The largest absolute Gasteiger partial charge is 0.471 e. The van der Waals surface area contributed by atoms with Gasteiger partial charge in [0.1, 0.15) is 6.04 Å². The van der Waals surface area contributed by atoms with E-state index in [0.29, 0.717) is 0 Å². The molecule has 0 aromatic rings. The number of hydrogen-bond donors (Lipinski definition) is 1. The minimum atomic E-state index is -4.91. The molecule has 0 radical (unpaired) electrons. The fourth-order valence-corrected chi connectivity index (χ4v) is 3.09. The Bertz CT molecular complexity index is 363. The predicted molar refractivity (Wildman–Crippen MR) is 66.9 cm³/mol. The molecule has 0 aromatic heterocycles. The van der Waals surface area contributed by atoms with Crippen LogP contribution in [0.5, 0.6) is 0 Å². The topological polar surface area (TPSA) is 58.5 Å². The van der Waals surface area contributed by atoms with E-state index >= 15 is 0 Å². The molecule has 0 aliphatic heterocycles. The van der Waals surface area contributed by atoms with E-state index < -0.39 is 24.2 Å². The summed E-state index contributed by atoms with van der Waals surface area (Å²) >= 11 is 0. The summed E-state index contributed by atoms with van der Waals surface area (Å²) in [7, 11) is 0. The zero-order chi connectivity index (χ0) is 14.8. The lowest BCUT2D eigenvalue weighted by atomic mass is 9.80. The summed E-state index contributed by atoms with van der Waals surface area (Å²) in [5, 5.41) is 5.07. The first kappa shape index (κ1) is 15.3. The molecule has 2 rings (SSSR count). The number of nitroso groups, excluding NO2 is 1. The van der Waals surface area contributed by atoms with Gasteiger partial charge in [-0.05, 0) is 37.5 Å². The standard InChI is InChI=1S/C13H19F3N2O2/c14-13(15,16)12(19)17-10(8-4-2-1-3-5-8)11(18-20)9-6-7-9/h8-11H,1-7H2,(H,17,19)/t10-,11?/m0/s1. The van der Waals surface area contributed by atoms with Gasteiger partial charge in [-0.15, -0.1) is 0 Å². The Hall–Kier alpha value is -1.14. The van der Waals surface area contributed by atoms with Gasteiger partial charge in [-0.3, -0.25) is 4.79 Å². The molecular formula is C13H19F3N2O2. The lowest BCUT2D eigenvalue weighted by Gasteiger charge is -2.33. The Kier molecular flexibility index (Phi) is 4.65. The van der Waals surface area contributed by atoms with Crippen LogP contribution in [0.3, 0.4) is 0 Å². The summed E-state index contributed by atoms with van der Waals surface area (Å²) in [6.07, 6.45) is 1.12. The van der Waals surface area contributed by atoms with Crippen LogP contribution in [0.15, 0.2) is 5.18 Å². The number of amides is 1. The van der Waals surface area contributed by atoms with Gasteiger partial charge in [0.05, 0.1) is 6.04 Å². The van der Waals surface area contributed by atoms with Crippen LogP contribution in [0.2, 0.25) is 0 Å². The van der Waals surface area contributed by atoms with Crippen LogP contribution in [-0.2, 0) is 4.79 Å². The monoisotopic (exact) mass is 292 g/mol. The number of carbonyl (C=O) groups excluding carboxylic acids is 1. The second-order valence-electron chi connectivity index (χ2n) is 5.83. The number of alkyl halides is 3. The van der Waals surface area contributed by atoms with Gasteiger partial charge in [0.2, 0.25) is 0 Å². The summed E-state index contributed by atoms with van der Waals surface area (Å²) < 4.78 is 37.3. The van der Waals surface area contributed by atoms with Gasteiger partial charge in [-0.2, -0.15) is 18.1 Å². The first-order valence-corrected chi connectivity index (χ1v) is 7.13. The molecule has 0 heterocycles. The Morgan fingerprint density at radius 1 is 1.05 bits per heavy atom. The molecule has 1 N–H and O–H groups in total. The van der Waals surface area contributed by atoms with E-state index in [2.05, 4.69) is 5.18 Å². The first-order chi connectivity index (χ1) is 9.43. The molecule has 0 spiro atoms. The Morgan fingerprint density at radius 3 is 2.10 bits per heavy atom.